The first-order chi connectivity index (χ1) is 22.1. The molecule has 45 heavy (non-hydrogen) atoms. The number of hydrogen-bond acceptors (Lipinski definition) is 8. The molecule has 3 heterocycles. The van der Waals surface area contributed by atoms with E-state index in [0.717, 1.165) is 18.3 Å². The number of ether oxygens (including phenoxy) is 4. The normalized spacial score (nSPS) is 20.3. The second-order valence-corrected chi connectivity index (χ2v) is 14.3. The van der Waals surface area contributed by atoms with Gasteiger partial charge in [0.2, 0.25) is 0 Å². The van der Waals surface area contributed by atoms with Crippen molar-refractivity contribution in [1.82, 2.24) is 14.7 Å². The van der Waals surface area contributed by atoms with Crippen LogP contribution in [0.3, 0.4) is 0 Å². The summed E-state index contributed by atoms with van der Waals surface area (Å²) in [7, 11) is 3.93. The zero-order chi connectivity index (χ0) is 31.8. The third-order valence-electron chi connectivity index (χ3n) is 10.7. The minimum Gasteiger partial charge on any atom is -0.382 e. The maximum atomic E-state index is 12.3. The van der Waals surface area contributed by atoms with Crippen LogP contribution >= 0.6 is 0 Å². The number of carbonyl (C=O) groups excluding carboxylic acids is 1. The SMILES string of the molecule is COCCOCCOCCOCCC(=O)CCC1CCN(CCCCCCN2CCC(CCCC3CCN(C)CC3)CC2)CC1. The molecule has 0 spiro atoms. The summed E-state index contributed by atoms with van der Waals surface area (Å²) in [4.78, 5) is 20.2. The number of methoxy groups -OCH3 is 1. The van der Waals surface area contributed by atoms with Crippen LogP contribution in [0.2, 0.25) is 0 Å². The van der Waals surface area contributed by atoms with E-state index in [-0.39, 0.29) is 0 Å². The van der Waals surface area contributed by atoms with Gasteiger partial charge in [-0.1, -0.05) is 32.1 Å². The van der Waals surface area contributed by atoms with Crippen molar-refractivity contribution in [2.24, 2.45) is 17.8 Å². The molecule has 0 unspecified atom stereocenters. The summed E-state index contributed by atoms with van der Waals surface area (Å²) < 4.78 is 21.3. The molecule has 8 nitrogen and oxygen atoms in total. The summed E-state index contributed by atoms with van der Waals surface area (Å²) >= 11 is 0. The van der Waals surface area contributed by atoms with E-state index in [4.69, 9.17) is 18.9 Å². The Kier molecular flexibility index (Phi) is 21.9. The fraction of sp³-hybridized carbons (Fsp3) is 0.973. The number of rotatable bonds is 26. The quantitative estimate of drug-likeness (QED) is 0.108. The smallest absolute Gasteiger partial charge is 0.135 e. The largest absolute Gasteiger partial charge is 0.382 e. The molecule has 0 N–H and O–H groups in total. The molecular weight excluding hydrogens is 566 g/mol. The van der Waals surface area contributed by atoms with E-state index in [1.807, 2.05) is 0 Å². The van der Waals surface area contributed by atoms with E-state index in [9.17, 15) is 4.79 Å². The summed E-state index contributed by atoms with van der Waals surface area (Å²) in [5, 5.41) is 0. The monoisotopic (exact) mass is 638 g/mol. The van der Waals surface area contributed by atoms with E-state index < -0.39 is 0 Å². The van der Waals surface area contributed by atoms with Gasteiger partial charge in [-0.05, 0) is 135 Å². The summed E-state index contributed by atoms with van der Waals surface area (Å²) in [5.41, 5.74) is 0. The lowest BCUT2D eigenvalue weighted by Gasteiger charge is -2.33. The van der Waals surface area contributed by atoms with Crippen LogP contribution in [0.1, 0.15) is 103 Å². The minimum absolute atomic E-state index is 0.340. The lowest BCUT2D eigenvalue weighted by atomic mass is 9.87. The Labute approximate surface area is 277 Å². The molecule has 3 aliphatic rings. The van der Waals surface area contributed by atoms with Crippen LogP contribution in [-0.4, -0.2) is 133 Å². The molecule has 0 atom stereocenters. The topological polar surface area (TPSA) is 63.7 Å². The lowest BCUT2D eigenvalue weighted by Crippen LogP contribution is -2.35. The molecule has 0 radical (unpaired) electrons. The van der Waals surface area contributed by atoms with E-state index in [0.29, 0.717) is 70.8 Å². The highest BCUT2D eigenvalue weighted by atomic mass is 16.6. The van der Waals surface area contributed by atoms with Gasteiger partial charge in [0.15, 0.2) is 0 Å². The van der Waals surface area contributed by atoms with Crippen LogP contribution in [0.25, 0.3) is 0 Å². The fourth-order valence-electron chi connectivity index (χ4n) is 7.43. The van der Waals surface area contributed by atoms with Crippen molar-refractivity contribution in [3.05, 3.63) is 0 Å². The molecule has 0 amide bonds. The first-order valence-electron chi connectivity index (χ1n) is 19.0. The van der Waals surface area contributed by atoms with Gasteiger partial charge >= 0.3 is 0 Å². The van der Waals surface area contributed by atoms with E-state index in [2.05, 4.69) is 21.7 Å². The van der Waals surface area contributed by atoms with Crippen molar-refractivity contribution < 1.29 is 23.7 Å². The maximum Gasteiger partial charge on any atom is 0.135 e. The zero-order valence-corrected chi connectivity index (χ0v) is 29.5. The molecule has 0 aromatic carbocycles. The first kappa shape index (κ1) is 38.8. The van der Waals surface area contributed by atoms with Gasteiger partial charge in [0, 0.05) is 20.0 Å². The van der Waals surface area contributed by atoms with E-state index in [1.165, 1.54) is 136 Å². The number of nitrogens with zero attached hydrogens (tertiary/aromatic N) is 3. The predicted molar refractivity (Wildman–Crippen MR) is 184 cm³/mol. The highest BCUT2D eigenvalue weighted by Gasteiger charge is 2.21. The molecule has 3 fully saturated rings. The minimum atomic E-state index is 0.340. The molecule has 3 saturated heterocycles. The van der Waals surface area contributed by atoms with Gasteiger partial charge in [-0.25, -0.2) is 0 Å². The molecule has 0 bridgehead atoms. The van der Waals surface area contributed by atoms with Crippen LogP contribution in [0.4, 0.5) is 0 Å². The van der Waals surface area contributed by atoms with E-state index >= 15 is 0 Å². The van der Waals surface area contributed by atoms with Crippen molar-refractivity contribution in [2.45, 2.75) is 103 Å². The molecule has 3 aliphatic heterocycles. The molecule has 264 valence electrons. The Balaban J connectivity index is 1.04. The maximum absolute atomic E-state index is 12.3. The van der Waals surface area contributed by atoms with Crippen LogP contribution in [0.5, 0.6) is 0 Å². The Morgan fingerprint density at radius 1 is 0.533 bits per heavy atom. The molecule has 0 aromatic heterocycles. The van der Waals surface area contributed by atoms with Crippen molar-refractivity contribution in [3.63, 3.8) is 0 Å². The Bertz CT molecular complexity index is 704. The highest BCUT2D eigenvalue weighted by Crippen LogP contribution is 2.27. The van der Waals surface area contributed by atoms with Crippen LogP contribution in [-0.2, 0) is 23.7 Å². The molecule has 8 heteroatoms. The van der Waals surface area contributed by atoms with Gasteiger partial charge in [-0.2, -0.15) is 0 Å². The van der Waals surface area contributed by atoms with Crippen LogP contribution < -0.4 is 0 Å². The summed E-state index contributed by atoms with van der Waals surface area (Å²) in [6.45, 7) is 14.2. The average Bonchev–Trinajstić information content (AvgIpc) is 3.06. The molecule has 0 saturated carbocycles. The third-order valence-corrected chi connectivity index (χ3v) is 10.7. The number of piperidine rings is 3. The molecular formula is C37H71N3O5. The highest BCUT2D eigenvalue weighted by molar-refractivity contribution is 5.78. The van der Waals surface area contributed by atoms with E-state index in [1.54, 1.807) is 7.11 Å². The number of ketones is 1. The number of hydrogen-bond donors (Lipinski definition) is 0. The van der Waals surface area contributed by atoms with Crippen molar-refractivity contribution in [1.29, 1.82) is 0 Å². The number of unbranched alkanes of at least 4 members (excludes halogenated alkanes) is 3. The van der Waals surface area contributed by atoms with Gasteiger partial charge in [0.05, 0.1) is 46.2 Å². The third kappa shape index (κ3) is 19.1. The van der Waals surface area contributed by atoms with Gasteiger partial charge in [0.1, 0.15) is 5.78 Å². The average molecular weight is 638 g/mol. The zero-order valence-electron chi connectivity index (χ0n) is 29.5. The number of carbonyl (C=O) groups is 1. The fourth-order valence-corrected chi connectivity index (χ4v) is 7.43. The Morgan fingerprint density at radius 2 is 0.978 bits per heavy atom. The Morgan fingerprint density at radius 3 is 1.49 bits per heavy atom. The summed E-state index contributed by atoms with van der Waals surface area (Å²) in [6.07, 6.45) is 20.4. The first-order valence-corrected chi connectivity index (χ1v) is 19.0. The molecule has 0 aliphatic carbocycles. The van der Waals surface area contributed by atoms with Crippen molar-refractivity contribution >= 4 is 5.78 Å². The van der Waals surface area contributed by atoms with Crippen LogP contribution in [0.15, 0.2) is 0 Å². The van der Waals surface area contributed by atoms with Crippen molar-refractivity contribution in [3.8, 4) is 0 Å². The van der Waals surface area contributed by atoms with Crippen LogP contribution in [0, 0.1) is 17.8 Å². The second kappa shape index (κ2) is 25.4. The summed E-state index contributed by atoms with van der Waals surface area (Å²) in [5.74, 6) is 3.06. The molecule has 3 rings (SSSR count). The standard InChI is InChI=1S/C37H71N3O5/c1-38-21-12-34(13-22-38)8-7-9-35-14-23-39(24-15-35)19-5-3-4-6-20-40-25-16-36(17-26-40)10-11-37(41)18-27-43-30-31-45-33-32-44-29-28-42-2/h34-36H,3-33H2,1-2H3. The van der Waals surface area contributed by atoms with Gasteiger partial charge < -0.3 is 33.6 Å². The van der Waals surface area contributed by atoms with Gasteiger partial charge in [-0.3, -0.25) is 4.79 Å². The van der Waals surface area contributed by atoms with Gasteiger partial charge in [-0.15, -0.1) is 0 Å². The summed E-state index contributed by atoms with van der Waals surface area (Å²) in [6, 6.07) is 0. The van der Waals surface area contributed by atoms with Crippen molar-refractivity contribution in [2.75, 3.05) is 113 Å². The number of likely N-dealkylation sites (tertiary alicyclic amines) is 3. The number of Topliss-reactive ketones (excluding diaryl/α,β-unsaturated/α-hetero) is 1. The Hall–Kier alpha value is -0.610. The second-order valence-electron chi connectivity index (χ2n) is 14.3. The predicted octanol–water partition coefficient (Wildman–Crippen LogP) is 5.92. The lowest BCUT2D eigenvalue weighted by molar-refractivity contribution is -0.120. The molecule has 0 aromatic rings. The van der Waals surface area contributed by atoms with Gasteiger partial charge in [0.25, 0.3) is 0 Å².